The summed E-state index contributed by atoms with van der Waals surface area (Å²) >= 11 is 0. The van der Waals surface area contributed by atoms with Gasteiger partial charge in [-0.1, -0.05) is 6.07 Å². The molecule has 1 aromatic carbocycles. The molecule has 0 aliphatic rings. The number of benzene rings is 1. The van der Waals surface area contributed by atoms with E-state index < -0.39 is 5.91 Å². The summed E-state index contributed by atoms with van der Waals surface area (Å²) in [5.41, 5.74) is 6.77. The van der Waals surface area contributed by atoms with E-state index in [1.54, 1.807) is 24.4 Å². The number of hydrogen-bond acceptors (Lipinski definition) is 4. The number of aromatic nitrogens is 2. The molecule has 0 aliphatic heterocycles. The number of hydrogen-bond donors (Lipinski definition) is 1. The monoisotopic (exact) mass is 213 g/mol. The maximum atomic E-state index is 11.1. The third-order valence-electron chi connectivity index (χ3n) is 2.46. The SMILES string of the molecule is NC(=O)c1ccc2cnc3ocnc3c2c1. The fourth-order valence-corrected chi connectivity index (χ4v) is 1.67. The molecule has 3 aromatic rings. The zero-order valence-corrected chi connectivity index (χ0v) is 8.18. The summed E-state index contributed by atoms with van der Waals surface area (Å²) < 4.78 is 5.09. The molecule has 0 aliphatic carbocycles. The summed E-state index contributed by atoms with van der Waals surface area (Å²) in [6.07, 6.45) is 3.00. The van der Waals surface area contributed by atoms with Crippen LogP contribution in [0.2, 0.25) is 0 Å². The topological polar surface area (TPSA) is 82.0 Å². The second-order valence-corrected chi connectivity index (χ2v) is 3.43. The number of nitrogens with zero attached hydrogens (tertiary/aromatic N) is 2. The summed E-state index contributed by atoms with van der Waals surface area (Å²) in [6, 6.07) is 5.15. The normalized spacial score (nSPS) is 11.0. The molecule has 2 heterocycles. The largest absolute Gasteiger partial charge is 0.425 e. The predicted molar refractivity (Wildman–Crippen MR) is 57.8 cm³/mol. The fourth-order valence-electron chi connectivity index (χ4n) is 1.67. The van der Waals surface area contributed by atoms with Gasteiger partial charge < -0.3 is 10.2 Å². The zero-order valence-electron chi connectivity index (χ0n) is 8.18. The third kappa shape index (κ3) is 1.15. The molecule has 5 heteroatoms. The van der Waals surface area contributed by atoms with Crippen LogP contribution < -0.4 is 5.73 Å². The number of carbonyl (C=O) groups excluding carboxylic acids is 1. The first kappa shape index (κ1) is 8.84. The van der Waals surface area contributed by atoms with Gasteiger partial charge in [0.1, 0.15) is 5.52 Å². The van der Waals surface area contributed by atoms with Crippen molar-refractivity contribution in [2.24, 2.45) is 5.73 Å². The molecule has 3 rings (SSSR count). The zero-order chi connectivity index (χ0) is 11.1. The number of amides is 1. The van der Waals surface area contributed by atoms with Crippen molar-refractivity contribution in [1.82, 2.24) is 9.97 Å². The van der Waals surface area contributed by atoms with Gasteiger partial charge in [0.15, 0.2) is 6.39 Å². The third-order valence-corrected chi connectivity index (χ3v) is 2.46. The van der Waals surface area contributed by atoms with Crippen LogP contribution in [0.5, 0.6) is 0 Å². The lowest BCUT2D eigenvalue weighted by Crippen LogP contribution is -2.10. The summed E-state index contributed by atoms with van der Waals surface area (Å²) in [7, 11) is 0. The van der Waals surface area contributed by atoms with Gasteiger partial charge in [0.25, 0.3) is 0 Å². The lowest BCUT2D eigenvalue weighted by molar-refractivity contribution is 0.100. The highest BCUT2D eigenvalue weighted by Crippen LogP contribution is 2.22. The van der Waals surface area contributed by atoms with Crippen LogP contribution in [-0.2, 0) is 0 Å². The highest BCUT2D eigenvalue weighted by Gasteiger charge is 2.08. The van der Waals surface area contributed by atoms with Crippen molar-refractivity contribution >= 4 is 27.9 Å². The molecule has 0 atom stereocenters. The van der Waals surface area contributed by atoms with Gasteiger partial charge in [0.05, 0.1) is 0 Å². The van der Waals surface area contributed by atoms with E-state index in [-0.39, 0.29) is 0 Å². The first-order valence-electron chi connectivity index (χ1n) is 4.67. The standard InChI is InChI=1S/C11H7N3O2/c12-10(15)6-1-2-7-4-13-11-9(8(7)3-6)14-5-16-11/h1-5H,(H2,12,15). The maximum absolute atomic E-state index is 11.1. The van der Waals surface area contributed by atoms with Crippen LogP contribution in [0.15, 0.2) is 35.2 Å². The fraction of sp³-hybridized carbons (Fsp3) is 0. The van der Waals surface area contributed by atoms with Gasteiger partial charge >= 0.3 is 0 Å². The van der Waals surface area contributed by atoms with E-state index in [0.29, 0.717) is 16.8 Å². The van der Waals surface area contributed by atoms with Crippen LogP contribution in [-0.4, -0.2) is 15.9 Å². The second-order valence-electron chi connectivity index (χ2n) is 3.43. The van der Waals surface area contributed by atoms with Crippen LogP contribution in [0, 0.1) is 0 Å². The highest BCUT2D eigenvalue weighted by molar-refractivity contribution is 6.05. The van der Waals surface area contributed by atoms with Crippen molar-refractivity contribution in [2.75, 3.05) is 0 Å². The first-order chi connectivity index (χ1) is 7.75. The molecule has 16 heavy (non-hydrogen) atoms. The van der Waals surface area contributed by atoms with Crippen LogP contribution >= 0.6 is 0 Å². The van der Waals surface area contributed by atoms with Gasteiger partial charge in [-0.25, -0.2) is 9.97 Å². The molecule has 0 unspecified atom stereocenters. The summed E-state index contributed by atoms with van der Waals surface area (Å²) in [4.78, 5) is 19.2. The molecule has 5 nitrogen and oxygen atoms in total. The molecule has 78 valence electrons. The van der Waals surface area contributed by atoms with E-state index >= 15 is 0 Å². The Bertz CT molecular complexity index is 703. The predicted octanol–water partition coefficient (Wildman–Crippen LogP) is 1.47. The van der Waals surface area contributed by atoms with E-state index in [9.17, 15) is 4.79 Å². The molecule has 0 fully saturated rings. The Morgan fingerprint density at radius 2 is 2.19 bits per heavy atom. The number of rotatable bonds is 1. The molecule has 2 aromatic heterocycles. The van der Waals surface area contributed by atoms with E-state index in [1.807, 2.05) is 0 Å². The van der Waals surface area contributed by atoms with Crippen LogP contribution in [0.25, 0.3) is 22.0 Å². The number of pyridine rings is 1. The number of nitrogens with two attached hydrogens (primary N) is 1. The summed E-state index contributed by atoms with van der Waals surface area (Å²) in [6.45, 7) is 0. The van der Waals surface area contributed by atoms with Crippen molar-refractivity contribution in [3.8, 4) is 0 Å². The van der Waals surface area contributed by atoms with Gasteiger partial charge in [-0.05, 0) is 12.1 Å². The summed E-state index contributed by atoms with van der Waals surface area (Å²) in [5.74, 6) is -0.463. The second kappa shape index (κ2) is 3.03. The van der Waals surface area contributed by atoms with E-state index in [2.05, 4.69) is 9.97 Å². The Labute approximate surface area is 89.9 Å². The van der Waals surface area contributed by atoms with Crippen molar-refractivity contribution in [2.45, 2.75) is 0 Å². The van der Waals surface area contributed by atoms with E-state index in [0.717, 1.165) is 10.8 Å². The Hall–Kier alpha value is -2.43. The van der Waals surface area contributed by atoms with Crippen molar-refractivity contribution in [3.05, 3.63) is 36.4 Å². The van der Waals surface area contributed by atoms with Crippen LogP contribution in [0.4, 0.5) is 0 Å². The number of carbonyl (C=O) groups is 1. The molecule has 0 radical (unpaired) electrons. The van der Waals surface area contributed by atoms with Gasteiger partial charge in [-0.3, -0.25) is 4.79 Å². The van der Waals surface area contributed by atoms with Gasteiger partial charge in [0.2, 0.25) is 11.6 Å². The lowest BCUT2D eigenvalue weighted by atomic mass is 10.1. The number of primary amides is 1. The van der Waals surface area contributed by atoms with Crippen LogP contribution in [0.3, 0.4) is 0 Å². The number of oxazole rings is 1. The molecule has 0 saturated carbocycles. The van der Waals surface area contributed by atoms with Gasteiger partial charge in [-0.15, -0.1) is 0 Å². The highest BCUT2D eigenvalue weighted by atomic mass is 16.3. The van der Waals surface area contributed by atoms with Gasteiger partial charge in [-0.2, -0.15) is 0 Å². The molecule has 2 N–H and O–H groups in total. The Morgan fingerprint density at radius 3 is 3.00 bits per heavy atom. The molecule has 0 bridgehead atoms. The average molecular weight is 213 g/mol. The Balaban J connectivity index is 2.46. The van der Waals surface area contributed by atoms with Gasteiger partial charge in [0, 0.05) is 22.5 Å². The molecule has 0 spiro atoms. The van der Waals surface area contributed by atoms with Crippen molar-refractivity contribution < 1.29 is 9.21 Å². The van der Waals surface area contributed by atoms with Crippen molar-refractivity contribution in [3.63, 3.8) is 0 Å². The van der Waals surface area contributed by atoms with E-state index in [4.69, 9.17) is 10.2 Å². The first-order valence-corrected chi connectivity index (χ1v) is 4.67. The molecular formula is C11H7N3O2. The Kier molecular flexibility index (Phi) is 1.67. The van der Waals surface area contributed by atoms with Crippen LogP contribution in [0.1, 0.15) is 10.4 Å². The minimum atomic E-state index is -0.463. The Morgan fingerprint density at radius 1 is 1.31 bits per heavy atom. The average Bonchev–Trinajstić information content (AvgIpc) is 2.76. The minimum Gasteiger partial charge on any atom is -0.425 e. The molecule has 0 saturated heterocycles. The summed E-state index contributed by atoms with van der Waals surface area (Å²) in [5, 5.41) is 1.71. The maximum Gasteiger partial charge on any atom is 0.248 e. The molecular weight excluding hydrogens is 206 g/mol. The molecule has 1 amide bonds. The number of fused-ring (bicyclic) bond motifs is 3. The van der Waals surface area contributed by atoms with Crippen molar-refractivity contribution in [1.29, 1.82) is 0 Å². The van der Waals surface area contributed by atoms with E-state index in [1.165, 1.54) is 6.39 Å². The smallest absolute Gasteiger partial charge is 0.248 e. The minimum absolute atomic E-state index is 0.447. The quantitative estimate of drug-likeness (QED) is 0.663. The lowest BCUT2D eigenvalue weighted by Gasteiger charge is -1.99.